The van der Waals surface area contributed by atoms with Gasteiger partial charge in [-0.1, -0.05) is 17.7 Å². The average molecular weight is 392 g/mol. The number of hydrogen-bond acceptors (Lipinski definition) is 6. The number of amides is 1. The summed E-state index contributed by atoms with van der Waals surface area (Å²) in [7, 11) is 2.45. The first-order chi connectivity index (χ1) is 12.8. The van der Waals surface area contributed by atoms with Crippen molar-refractivity contribution in [2.45, 2.75) is 13.0 Å². The van der Waals surface area contributed by atoms with E-state index in [0.29, 0.717) is 10.8 Å². The Kier molecular flexibility index (Phi) is 6.79. The van der Waals surface area contributed by atoms with Crippen LogP contribution >= 0.6 is 11.6 Å². The summed E-state index contributed by atoms with van der Waals surface area (Å²) < 4.78 is 14.9. The number of halogens is 1. The lowest BCUT2D eigenvalue weighted by Crippen LogP contribution is -2.31. The normalized spacial score (nSPS) is 11.3. The van der Waals surface area contributed by atoms with Crippen LogP contribution in [0.15, 0.2) is 42.5 Å². The van der Waals surface area contributed by atoms with Gasteiger partial charge in [-0.3, -0.25) is 4.79 Å². The molecule has 0 saturated heterocycles. The molecule has 0 fully saturated rings. The Morgan fingerprint density at radius 2 is 1.70 bits per heavy atom. The van der Waals surface area contributed by atoms with E-state index >= 15 is 0 Å². The van der Waals surface area contributed by atoms with Gasteiger partial charge in [0.2, 0.25) is 0 Å². The number of nitrogens with one attached hydrogen (secondary N) is 1. The zero-order valence-electron chi connectivity index (χ0n) is 14.9. The molecule has 1 unspecified atom stereocenters. The van der Waals surface area contributed by atoms with Gasteiger partial charge in [-0.2, -0.15) is 0 Å². The van der Waals surface area contributed by atoms with Gasteiger partial charge in [0.25, 0.3) is 5.91 Å². The minimum absolute atomic E-state index is 0.0912. The first-order valence-corrected chi connectivity index (χ1v) is 8.27. The highest BCUT2D eigenvalue weighted by Crippen LogP contribution is 2.22. The number of rotatable bonds is 6. The Morgan fingerprint density at radius 3 is 2.33 bits per heavy atom. The first kappa shape index (κ1) is 20.3. The Labute approximate surface area is 161 Å². The van der Waals surface area contributed by atoms with Gasteiger partial charge in [0.05, 0.1) is 31.0 Å². The molecule has 2 aromatic carbocycles. The first-order valence-electron chi connectivity index (χ1n) is 7.89. The predicted octanol–water partition coefficient (Wildman–Crippen LogP) is 3.32. The SMILES string of the molecule is COC(=O)c1ccc(C(=O)OC)c(NC(=O)C(C)Oc2cccc(Cl)c2)c1. The number of anilines is 1. The quantitative estimate of drug-likeness (QED) is 0.759. The zero-order chi connectivity index (χ0) is 20.0. The standard InChI is InChI=1S/C19H18ClNO6/c1-11(27-14-6-4-5-13(20)10-14)17(22)21-16-9-12(18(23)25-2)7-8-15(16)19(24)26-3/h4-11H,1-3H3,(H,21,22). The maximum Gasteiger partial charge on any atom is 0.339 e. The molecule has 0 bridgehead atoms. The molecule has 1 amide bonds. The molecule has 1 N–H and O–H groups in total. The van der Waals surface area contributed by atoms with E-state index < -0.39 is 23.9 Å². The van der Waals surface area contributed by atoms with Crippen LogP contribution in [0.3, 0.4) is 0 Å². The molecule has 2 aromatic rings. The van der Waals surface area contributed by atoms with Gasteiger partial charge < -0.3 is 19.5 Å². The van der Waals surface area contributed by atoms with Gasteiger partial charge in [0, 0.05) is 5.02 Å². The van der Waals surface area contributed by atoms with Crippen molar-refractivity contribution in [2.75, 3.05) is 19.5 Å². The minimum atomic E-state index is -0.893. The summed E-state index contributed by atoms with van der Waals surface area (Å²) in [6, 6.07) is 10.7. The number of hydrogen-bond donors (Lipinski definition) is 1. The highest BCUT2D eigenvalue weighted by Gasteiger charge is 2.21. The number of esters is 2. The summed E-state index contributed by atoms with van der Waals surface area (Å²) in [5.74, 6) is -1.38. The molecule has 142 valence electrons. The van der Waals surface area contributed by atoms with E-state index in [4.69, 9.17) is 21.1 Å². The van der Waals surface area contributed by atoms with Crippen LogP contribution in [0.25, 0.3) is 0 Å². The number of benzene rings is 2. The lowest BCUT2D eigenvalue weighted by Gasteiger charge is -2.16. The summed E-state index contributed by atoms with van der Waals surface area (Å²) >= 11 is 5.89. The van der Waals surface area contributed by atoms with E-state index in [1.165, 1.54) is 39.3 Å². The van der Waals surface area contributed by atoms with Crippen LogP contribution in [0, 0.1) is 0 Å². The summed E-state index contributed by atoms with van der Waals surface area (Å²) in [5.41, 5.74) is 0.369. The van der Waals surface area contributed by atoms with Gasteiger partial charge in [-0.05, 0) is 43.3 Å². The molecule has 7 nitrogen and oxygen atoms in total. The Balaban J connectivity index is 2.23. The van der Waals surface area contributed by atoms with Crippen LogP contribution in [-0.2, 0) is 14.3 Å². The van der Waals surface area contributed by atoms with Crippen molar-refractivity contribution in [1.29, 1.82) is 0 Å². The van der Waals surface area contributed by atoms with Crippen LogP contribution in [0.2, 0.25) is 5.02 Å². The van der Waals surface area contributed by atoms with E-state index in [1.807, 2.05) is 0 Å². The van der Waals surface area contributed by atoms with E-state index in [1.54, 1.807) is 24.3 Å². The number of methoxy groups -OCH3 is 2. The van der Waals surface area contributed by atoms with Crippen molar-refractivity contribution in [2.24, 2.45) is 0 Å². The highest BCUT2D eigenvalue weighted by atomic mass is 35.5. The minimum Gasteiger partial charge on any atom is -0.481 e. The molecule has 1 atom stereocenters. The lowest BCUT2D eigenvalue weighted by molar-refractivity contribution is -0.122. The van der Waals surface area contributed by atoms with Crippen LogP contribution in [0.1, 0.15) is 27.6 Å². The molecule has 0 aliphatic carbocycles. The van der Waals surface area contributed by atoms with Crippen molar-refractivity contribution < 1.29 is 28.6 Å². The van der Waals surface area contributed by atoms with E-state index in [-0.39, 0.29) is 16.8 Å². The fourth-order valence-electron chi connectivity index (χ4n) is 2.21. The molecule has 0 aliphatic rings. The summed E-state index contributed by atoms with van der Waals surface area (Å²) in [5, 5.41) is 3.05. The van der Waals surface area contributed by atoms with Crippen molar-refractivity contribution in [3.05, 3.63) is 58.6 Å². The second-order valence-electron chi connectivity index (χ2n) is 5.45. The largest absolute Gasteiger partial charge is 0.481 e. The maximum atomic E-state index is 12.5. The zero-order valence-corrected chi connectivity index (χ0v) is 15.7. The Morgan fingerprint density at radius 1 is 1.00 bits per heavy atom. The van der Waals surface area contributed by atoms with Crippen molar-refractivity contribution in [3.63, 3.8) is 0 Å². The van der Waals surface area contributed by atoms with E-state index in [9.17, 15) is 14.4 Å². The maximum absolute atomic E-state index is 12.5. The van der Waals surface area contributed by atoms with Gasteiger partial charge in [0.15, 0.2) is 6.10 Å². The second-order valence-corrected chi connectivity index (χ2v) is 5.89. The van der Waals surface area contributed by atoms with E-state index in [0.717, 1.165) is 0 Å². The number of carbonyl (C=O) groups excluding carboxylic acids is 3. The topological polar surface area (TPSA) is 90.9 Å². The average Bonchev–Trinajstić information content (AvgIpc) is 2.66. The van der Waals surface area contributed by atoms with Crippen LogP contribution in [-0.4, -0.2) is 38.2 Å². The van der Waals surface area contributed by atoms with Crippen molar-refractivity contribution in [1.82, 2.24) is 0 Å². The predicted molar refractivity (Wildman–Crippen MR) is 99.3 cm³/mol. The molecule has 0 spiro atoms. The summed E-state index contributed by atoms with van der Waals surface area (Å²) in [4.78, 5) is 36.1. The van der Waals surface area contributed by atoms with Crippen LogP contribution in [0.4, 0.5) is 5.69 Å². The molecule has 2 rings (SSSR count). The monoisotopic (exact) mass is 391 g/mol. The molecule has 0 aliphatic heterocycles. The highest BCUT2D eigenvalue weighted by molar-refractivity contribution is 6.30. The molecule has 0 heterocycles. The third-order valence-electron chi connectivity index (χ3n) is 3.58. The van der Waals surface area contributed by atoms with Gasteiger partial charge in [-0.25, -0.2) is 9.59 Å². The summed E-state index contributed by atoms with van der Waals surface area (Å²) in [6.07, 6.45) is -0.893. The van der Waals surface area contributed by atoms with Gasteiger partial charge in [0.1, 0.15) is 5.75 Å². The van der Waals surface area contributed by atoms with Crippen LogP contribution in [0.5, 0.6) is 5.75 Å². The van der Waals surface area contributed by atoms with Crippen molar-refractivity contribution >= 4 is 35.1 Å². The lowest BCUT2D eigenvalue weighted by atomic mass is 10.1. The Bertz CT molecular complexity index is 867. The molecular weight excluding hydrogens is 374 g/mol. The number of ether oxygens (including phenoxy) is 3. The summed E-state index contributed by atoms with van der Waals surface area (Å²) in [6.45, 7) is 1.54. The van der Waals surface area contributed by atoms with Gasteiger partial charge in [-0.15, -0.1) is 0 Å². The van der Waals surface area contributed by atoms with Crippen molar-refractivity contribution in [3.8, 4) is 5.75 Å². The van der Waals surface area contributed by atoms with Gasteiger partial charge >= 0.3 is 11.9 Å². The third-order valence-corrected chi connectivity index (χ3v) is 3.82. The molecular formula is C19H18ClNO6. The fourth-order valence-corrected chi connectivity index (χ4v) is 2.39. The molecule has 27 heavy (non-hydrogen) atoms. The van der Waals surface area contributed by atoms with Crippen LogP contribution < -0.4 is 10.1 Å². The molecule has 0 radical (unpaired) electrons. The smallest absolute Gasteiger partial charge is 0.339 e. The fraction of sp³-hybridized carbons (Fsp3) is 0.211. The molecule has 0 saturated carbocycles. The molecule has 0 aromatic heterocycles. The Hall–Kier alpha value is -3.06. The number of carbonyl (C=O) groups is 3. The third kappa shape index (κ3) is 5.21. The molecule has 8 heteroatoms. The second kappa shape index (κ2) is 9.05. The van der Waals surface area contributed by atoms with E-state index in [2.05, 4.69) is 10.1 Å².